The van der Waals surface area contributed by atoms with Gasteiger partial charge >= 0.3 is 0 Å². The number of rotatable bonds is 6. The van der Waals surface area contributed by atoms with Gasteiger partial charge in [-0.2, -0.15) is 0 Å². The Bertz CT molecular complexity index is 948. The van der Waals surface area contributed by atoms with Crippen LogP contribution < -0.4 is 10.6 Å². The number of carbonyl (C=O) groups excluding carboxylic acids is 1. The van der Waals surface area contributed by atoms with Crippen LogP contribution in [0.5, 0.6) is 0 Å². The molecule has 3 rings (SSSR count). The Balaban J connectivity index is 1.56. The van der Waals surface area contributed by atoms with Gasteiger partial charge in [-0.15, -0.1) is 0 Å². The zero-order chi connectivity index (χ0) is 19.2. The molecule has 0 aliphatic heterocycles. The molecule has 0 spiro atoms. The molecule has 0 fully saturated rings. The van der Waals surface area contributed by atoms with Crippen molar-refractivity contribution in [2.45, 2.75) is 6.42 Å². The van der Waals surface area contributed by atoms with E-state index in [4.69, 9.17) is 0 Å². The van der Waals surface area contributed by atoms with Crippen LogP contribution in [0, 0.1) is 17.5 Å². The van der Waals surface area contributed by atoms with Crippen molar-refractivity contribution in [3.63, 3.8) is 0 Å². The highest BCUT2D eigenvalue weighted by molar-refractivity contribution is 5.93. The number of amides is 1. The number of nitrogens with zero attached hydrogens (tertiary/aromatic N) is 2. The van der Waals surface area contributed by atoms with E-state index in [1.165, 1.54) is 24.5 Å². The summed E-state index contributed by atoms with van der Waals surface area (Å²) in [6.45, 7) is 0.251. The minimum atomic E-state index is -0.784. The number of hydrogen-bond acceptors (Lipinski definition) is 4. The van der Waals surface area contributed by atoms with Crippen LogP contribution in [-0.4, -0.2) is 22.4 Å². The third kappa shape index (κ3) is 4.81. The van der Waals surface area contributed by atoms with Crippen LogP contribution in [0.3, 0.4) is 0 Å². The smallest absolute Gasteiger partial charge is 0.254 e. The van der Waals surface area contributed by atoms with E-state index in [1.54, 1.807) is 18.2 Å². The first kappa shape index (κ1) is 18.4. The van der Waals surface area contributed by atoms with Gasteiger partial charge in [-0.3, -0.25) is 4.79 Å². The molecule has 0 saturated heterocycles. The lowest BCUT2D eigenvalue weighted by Crippen LogP contribution is -2.26. The number of halogens is 3. The molecule has 5 nitrogen and oxygen atoms in total. The summed E-state index contributed by atoms with van der Waals surface area (Å²) in [4.78, 5) is 19.9. The van der Waals surface area contributed by atoms with E-state index in [0.717, 1.165) is 12.1 Å². The van der Waals surface area contributed by atoms with E-state index >= 15 is 0 Å². The molecule has 0 unspecified atom stereocenters. The quantitative estimate of drug-likeness (QED) is 0.694. The molecular weight excluding hydrogens is 357 g/mol. The van der Waals surface area contributed by atoms with Gasteiger partial charge in [-0.25, -0.2) is 23.1 Å². The van der Waals surface area contributed by atoms with Gasteiger partial charge in [0.05, 0.1) is 11.3 Å². The van der Waals surface area contributed by atoms with Gasteiger partial charge in [-0.1, -0.05) is 18.2 Å². The van der Waals surface area contributed by atoms with Gasteiger partial charge < -0.3 is 10.6 Å². The van der Waals surface area contributed by atoms with Gasteiger partial charge in [0, 0.05) is 25.0 Å². The maximum atomic E-state index is 13.6. The molecule has 2 aromatic carbocycles. The summed E-state index contributed by atoms with van der Waals surface area (Å²) in [6.07, 6.45) is 2.90. The number of carbonyl (C=O) groups is 1. The molecule has 2 N–H and O–H groups in total. The van der Waals surface area contributed by atoms with Crippen molar-refractivity contribution in [1.29, 1.82) is 0 Å². The highest BCUT2D eigenvalue weighted by Gasteiger charge is 2.09. The lowest BCUT2D eigenvalue weighted by atomic mass is 10.1. The fourth-order valence-electron chi connectivity index (χ4n) is 2.34. The van der Waals surface area contributed by atoms with Crippen molar-refractivity contribution >= 4 is 17.5 Å². The Kier molecular flexibility index (Phi) is 5.65. The zero-order valence-electron chi connectivity index (χ0n) is 14.0. The summed E-state index contributed by atoms with van der Waals surface area (Å²) >= 11 is 0. The fourth-order valence-corrected chi connectivity index (χ4v) is 2.34. The molecule has 138 valence electrons. The molecule has 0 aliphatic rings. The summed E-state index contributed by atoms with van der Waals surface area (Å²) in [6, 6.07) is 9.39. The van der Waals surface area contributed by atoms with Crippen LogP contribution in [0.1, 0.15) is 15.9 Å². The highest BCUT2D eigenvalue weighted by Crippen LogP contribution is 2.18. The van der Waals surface area contributed by atoms with E-state index in [9.17, 15) is 18.0 Å². The first-order valence-electron chi connectivity index (χ1n) is 8.08. The Labute approximate surface area is 153 Å². The van der Waals surface area contributed by atoms with Crippen LogP contribution in [0.2, 0.25) is 0 Å². The summed E-state index contributed by atoms with van der Waals surface area (Å²) in [5.74, 6) is -2.15. The molecular formula is C19H15F3N4O. The predicted octanol–water partition coefficient (Wildman–Crippen LogP) is 3.61. The summed E-state index contributed by atoms with van der Waals surface area (Å²) in [5, 5.41) is 5.25. The molecule has 8 heteroatoms. The first-order valence-corrected chi connectivity index (χ1v) is 8.08. The van der Waals surface area contributed by atoms with Crippen molar-refractivity contribution in [2.24, 2.45) is 0 Å². The van der Waals surface area contributed by atoms with Gasteiger partial charge in [0.1, 0.15) is 17.5 Å². The molecule has 1 amide bonds. The largest absolute Gasteiger partial charge is 0.352 e. The van der Waals surface area contributed by atoms with E-state index in [1.807, 2.05) is 0 Å². The van der Waals surface area contributed by atoms with E-state index in [2.05, 4.69) is 20.6 Å². The molecule has 0 radical (unpaired) electrons. The standard InChI is InChI=1S/C19H15F3N4O/c20-14-5-6-17(16(22)9-14)26-19-24-10-13(11-25-19)18(27)23-8-7-12-3-1-2-4-15(12)21/h1-6,9-11H,7-8H2,(H,23,27)(H,24,25,26). The maximum Gasteiger partial charge on any atom is 0.254 e. The number of nitrogens with one attached hydrogen (secondary N) is 2. The molecule has 3 aromatic rings. The van der Waals surface area contributed by atoms with E-state index < -0.39 is 17.5 Å². The fraction of sp³-hybridized carbons (Fsp3) is 0.105. The minimum absolute atomic E-state index is 0.0125. The third-order valence-corrected chi connectivity index (χ3v) is 3.73. The Morgan fingerprint density at radius 3 is 2.41 bits per heavy atom. The zero-order valence-corrected chi connectivity index (χ0v) is 14.0. The SMILES string of the molecule is O=C(NCCc1ccccc1F)c1cnc(Nc2ccc(F)cc2F)nc1. The molecule has 1 aromatic heterocycles. The summed E-state index contributed by atoms with van der Waals surface area (Å²) in [7, 11) is 0. The predicted molar refractivity (Wildman–Crippen MR) is 94.1 cm³/mol. The monoisotopic (exact) mass is 372 g/mol. The first-order chi connectivity index (χ1) is 13.0. The molecule has 27 heavy (non-hydrogen) atoms. The topological polar surface area (TPSA) is 66.9 Å². The van der Waals surface area contributed by atoms with Crippen LogP contribution >= 0.6 is 0 Å². The minimum Gasteiger partial charge on any atom is -0.352 e. The maximum absolute atomic E-state index is 13.6. The van der Waals surface area contributed by atoms with Crippen molar-refractivity contribution < 1.29 is 18.0 Å². The van der Waals surface area contributed by atoms with Gasteiger partial charge in [-0.05, 0) is 30.2 Å². The molecule has 0 aliphatic carbocycles. The number of benzene rings is 2. The Morgan fingerprint density at radius 2 is 1.70 bits per heavy atom. The lowest BCUT2D eigenvalue weighted by Gasteiger charge is -2.08. The van der Waals surface area contributed by atoms with Crippen molar-refractivity contribution in [3.8, 4) is 0 Å². The second-order valence-corrected chi connectivity index (χ2v) is 5.64. The Morgan fingerprint density at radius 1 is 0.963 bits per heavy atom. The van der Waals surface area contributed by atoms with Crippen LogP contribution in [-0.2, 0) is 6.42 Å². The molecule has 0 atom stereocenters. The molecule has 0 bridgehead atoms. The normalized spacial score (nSPS) is 10.5. The van der Waals surface area contributed by atoms with Crippen LogP contribution in [0.25, 0.3) is 0 Å². The van der Waals surface area contributed by atoms with Crippen molar-refractivity contribution in [2.75, 3.05) is 11.9 Å². The second kappa shape index (κ2) is 8.31. The van der Waals surface area contributed by atoms with Crippen molar-refractivity contribution in [1.82, 2.24) is 15.3 Å². The van der Waals surface area contributed by atoms with Gasteiger partial charge in [0.25, 0.3) is 5.91 Å². The molecule has 0 saturated carbocycles. The Hall–Kier alpha value is -3.42. The number of aromatic nitrogens is 2. The highest BCUT2D eigenvalue weighted by atomic mass is 19.1. The van der Waals surface area contributed by atoms with Gasteiger partial charge in [0.2, 0.25) is 5.95 Å². The van der Waals surface area contributed by atoms with E-state index in [0.29, 0.717) is 12.0 Å². The summed E-state index contributed by atoms with van der Waals surface area (Å²) < 4.78 is 40.0. The average molecular weight is 372 g/mol. The number of anilines is 2. The number of hydrogen-bond donors (Lipinski definition) is 2. The average Bonchev–Trinajstić information content (AvgIpc) is 2.66. The van der Waals surface area contributed by atoms with Crippen molar-refractivity contribution in [3.05, 3.63) is 83.4 Å². The summed E-state index contributed by atoms with van der Waals surface area (Å²) in [5.41, 5.74) is 0.724. The van der Waals surface area contributed by atoms with Crippen LogP contribution in [0.15, 0.2) is 54.9 Å². The second-order valence-electron chi connectivity index (χ2n) is 5.64. The third-order valence-electron chi connectivity index (χ3n) is 3.73. The van der Waals surface area contributed by atoms with E-state index in [-0.39, 0.29) is 29.6 Å². The van der Waals surface area contributed by atoms with Crippen LogP contribution in [0.4, 0.5) is 24.8 Å². The lowest BCUT2D eigenvalue weighted by molar-refractivity contribution is 0.0953. The molecule has 1 heterocycles. The van der Waals surface area contributed by atoms with Gasteiger partial charge in [0.15, 0.2) is 0 Å².